The number of halogens is 1. The number of methoxy groups -OCH3 is 1. The lowest BCUT2D eigenvalue weighted by Crippen LogP contribution is -2.46. The second-order valence-electron chi connectivity index (χ2n) is 8.42. The second kappa shape index (κ2) is 9.18. The Bertz CT molecular complexity index is 1480. The van der Waals surface area contributed by atoms with Crippen molar-refractivity contribution in [1.29, 1.82) is 0 Å². The van der Waals surface area contributed by atoms with Gasteiger partial charge in [0.05, 0.1) is 24.4 Å². The largest absolute Gasteiger partial charge is 0.504 e. The van der Waals surface area contributed by atoms with Crippen LogP contribution < -0.4 is 15.0 Å². The highest BCUT2D eigenvalue weighted by molar-refractivity contribution is 6.01. The van der Waals surface area contributed by atoms with E-state index in [0.29, 0.717) is 33.8 Å². The number of aromatic hydroxyl groups is 1. The lowest BCUT2D eigenvalue weighted by atomic mass is 9.94. The molecule has 1 unspecified atom stereocenters. The first-order valence-electron chi connectivity index (χ1n) is 11.2. The Morgan fingerprint density at radius 3 is 2.56 bits per heavy atom. The molecule has 8 nitrogen and oxygen atoms in total. The second-order valence-corrected chi connectivity index (χ2v) is 8.42. The third kappa shape index (κ3) is 4.15. The van der Waals surface area contributed by atoms with Crippen LogP contribution in [0.2, 0.25) is 0 Å². The zero-order valence-corrected chi connectivity index (χ0v) is 19.8. The molecular formula is C27H23FN4O4. The first-order chi connectivity index (χ1) is 17.4. The van der Waals surface area contributed by atoms with Crippen LogP contribution in [0.3, 0.4) is 0 Å². The molecule has 9 heteroatoms. The third-order valence-electron chi connectivity index (χ3n) is 6.04. The molecule has 2 N–H and O–H groups in total. The average molecular weight is 487 g/mol. The Hall–Kier alpha value is -4.66. The van der Waals surface area contributed by atoms with Crippen molar-refractivity contribution >= 4 is 17.3 Å². The van der Waals surface area contributed by atoms with E-state index in [-0.39, 0.29) is 29.3 Å². The molecule has 2 heterocycles. The maximum absolute atomic E-state index is 13.4. The first kappa shape index (κ1) is 23.1. The van der Waals surface area contributed by atoms with Gasteiger partial charge in [-0.15, -0.1) is 0 Å². The summed E-state index contributed by atoms with van der Waals surface area (Å²) < 4.78 is 24.2. The molecule has 0 aliphatic carbocycles. The van der Waals surface area contributed by atoms with Gasteiger partial charge in [-0.05, 0) is 73.5 Å². The monoisotopic (exact) mass is 486 g/mol. The number of phenolic OH excluding ortho intramolecular Hbond substituents is 1. The minimum absolute atomic E-state index is 0.0695. The number of amides is 2. The Kier molecular flexibility index (Phi) is 5.89. The molecule has 0 saturated heterocycles. The SMILES string of the molecule is COc1ccc(C2NC(=O)N(c3cccc(C)c3)C(C)=C2c2nc(-c3ccc(F)cc3)no2)cc1O. The molecule has 0 bridgehead atoms. The van der Waals surface area contributed by atoms with Crippen LogP contribution in [0.5, 0.6) is 11.5 Å². The number of rotatable bonds is 5. The fraction of sp³-hybridized carbons (Fsp3) is 0.148. The molecule has 5 rings (SSSR count). The quantitative estimate of drug-likeness (QED) is 0.381. The Morgan fingerprint density at radius 1 is 1.08 bits per heavy atom. The summed E-state index contributed by atoms with van der Waals surface area (Å²) in [5.74, 6) is 0.329. The van der Waals surface area contributed by atoms with Crippen molar-refractivity contribution in [3.8, 4) is 22.9 Å². The van der Waals surface area contributed by atoms with Gasteiger partial charge in [-0.25, -0.2) is 9.18 Å². The molecular weight excluding hydrogens is 463 g/mol. The van der Waals surface area contributed by atoms with Gasteiger partial charge in [0.2, 0.25) is 5.82 Å². The van der Waals surface area contributed by atoms with Crippen molar-refractivity contribution in [3.05, 3.63) is 95.3 Å². The summed E-state index contributed by atoms with van der Waals surface area (Å²) in [6.07, 6.45) is 0. The number of phenols is 1. The summed E-state index contributed by atoms with van der Waals surface area (Å²) in [4.78, 5) is 19.4. The lowest BCUT2D eigenvalue weighted by Gasteiger charge is -2.35. The summed E-state index contributed by atoms with van der Waals surface area (Å²) in [6, 6.07) is 17.2. The van der Waals surface area contributed by atoms with Crippen LogP contribution in [0, 0.1) is 12.7 Å². The van der Waals surface area contributed by atoms with Crippen LogP contribution in [-0.2, 0) is 0 Å². The molecule has 1 aliphatic heterocycles. The Morgan fingerprint density at radius 2 is 1.86 bits per heavy atom. The van der Waals surface area contributed by atoms with Crippen molar-refractivity contribution in [2.24, 2.45) is 0 Å². The van der Waals surface area contributed by atoms with E-state index < -0.39 is 6.04 Å². The van der Waals surface area contributed by atoms with Crippen LogP contribution in [0.4, 0.5) is 14.9 Å². The number of nitrogens with zero attached hydrogens (tertiary/aromatic N) is 3. The Labute approximate surface area is 206 Å². The van der Waals surface area contributed by atoms with Gasteiger partial charge in [-0.1, -0.05) is 23.4 Å². The van der Waals surface area contributed by atoms with Gasteiger partial charge >= 0.3 is 6.03 Å². The van der Waals surface area contributed by atoms with Crippen molar-refractivity contribution in [3.63, 3.8) is 0 Å². The molecule has 1 atom stereocenters. The van der Waals surface area contributed by atoms with E-state index in [2.05, 4.69) is 15.5 Å². The topological polar surface area (TPSA) is 101 Å². The van der Waals surface area contributed by atoms with Crippen molar-refractivity contribution in [1.82, 2.24) is 15.5 Å². The van der Waals surface area contributed by atoms with E-state index in [1.165, 1.54) is 25.3 Å². The normalized spacial score (nSPS) is 15.7. The summed E-state index contributed by atoms with van der Waals surface area (Å²) >= 11 is 0. The molecule has 0 fully saturated rings. The van der Waals surface area contributed by atoms with Crippen LogP contribution in [0.15, 0.2) is 77.0 Å². The summed E-state index contributed by atoms with van der Waals surface area (Å²) in [5, 5.41) is 17.5. The van der Waals surface area contributed by atoms with E-state index >= 15 is 0 Å². The molecule has 0 spiro atoms. The maximum atomic E-state index is 13.4. The van der Waals surface area contributed by atoms with Crippen molar-refractivity contribution in [2.75, 3.05) is 12.0 Å². The fourth-order valence-corrected chi connectivity index (χ4v) is 4.28. The van der Waals surface area contributed by atoms with Crippen LogP contribution in [-0.4, -0.2) is 28.4 Å². The molecule has 182 valence electrons. The highest BCUT2D eigenvalue weighted by Crippen LogP contribution is 2.41. The molecule has 3 aromatic carbocycles. The average Bonchev–Trinajstić information content (AvgIpc) is 3.34. The molecule has 2 amide bonds. The van der Waals surface area contributed by atoms with Gasteiger partial charge in [0.15, 0.2) is 11.5 Å². The highest BCUT2D eigenvalue weighted by Gasteiger charge is 2.37. The van der Waals surface area contributed by atoms with Gasteiger partial charge in [-0.3, -0.25) is 4.90 Å². The number of aromatic nitrogens is 2. The Balaban J connectivity index is 1.66. The number of allylic oxidation sites excluding steroid dienone is 1. The third-order valence-corrected chi connectivity index (χ3v) is 6.04. The summed E-state index contributed by atoms with van der Waals surface area (Å²) in [5.41, 5.74) is 3.99. The number of anilines is 1. The molecule has 0 radical (unpaired) electrons. The number of carbonyl (C=O) groups excluding carboxylic acids is 1. The fourth-order valence-electron chi connectivity index (χ4n) is 4.28. The lowest BCUT2D eigenvalue weighted by molar-refractivity contribution is 0.244. The van der Waals surface area contributed by atoms with E-state index in [1.807, 2.05) is 31.2 Å². The minimum atomic E-state index is -0.697. The van der Waals surface area contributed by atoms with Gasteiger partial charge in [0, 0.05) is 11.3 Å². The smallest absolute Gasteiger partial charge is 0.326 e. The predicted octanol–water partition coefficient (Wildman–Crippen LogP) is 5.60. The standard InChI is InChI=1S/C27H23FN4O4/c1-15-5-4-6-20(13-15)32-16(2)23(26-30-25(31-36-26)17-7-10-19(28)11-8-17)24(29-27(32)34)18-9-12-22(35-3)21(33)14-18/h4-14,24,33H,1-3H3,(H,29,34). The van der Waals surface area contributed by atoms with Gasteiger partial charge in [0.1, 0.15) is 5.82 Å². The van der Waals surface area contributed by atoms with Crippen LogP contribution in [0.25, 0.3) is 17.0 Å². The van der Waals surface area contributed by atoms with Crippen LogP contribution >= 0.6 is 0 Å². The van der Waals surface area contributed by atoms with E-state index in [1.54, 1.807) is 36.1 Å². The number of aryl methyl sites for hydroxylation is 1. The van der Waals surface area contributed by atoms with E-state index in [4.69, 9.17) is 9.26 Å². The number of benzene rings is 3. The number of urea groups is 1. The zero-order chi connectivity index (χ0) is 25.4. The first-order valence-corrected chi connectivity index (χ1v) is 11.2. The van der Waals surface area contributed by atoms with E-state index in [0.717, 1.165) is 5.56 Å². The van der Waals surface area contributed by atoms with Crippen molar-refractivity contribution < 1.29 is 23.6 Å². The van der Waals surface area contributed by atoms with E-state index in [9.17, 15) is 14.3 Å². The molecule has 0 saturated carbocycles. The minimum Gasteiger partial charge on any atom is -0.504 e. The molecule has 4 aromatic rings. The zero-order valence-electron chi connectivity index (χ0n) is 19.8. The summed E-state index contributed by atoms with van der Waals surface area (Å²) in [6.45, 7) is 3.75. The van der Waals surface area contributed by atoms with Crippen molar-refractivity contribution in [2.45, 2.75) is 19.9 Å². The van der Waals surface area contributed by atoms with Gasteiger partial charge in [0.25, 0.3) is 5.89 Å². The van der Waals surface area contributed by atoms with Gasteiger partial charge < -0.3 is 19.7 Å². The predicted molar refractivity (Wildman–Crippen MR) is 132 cm³/mol. The number of nitrogens with one attached hydrogen (secondary N) is 1. The molecule has 1 aromatic heterocycles. The molecule has 1 aliphatic rings. The van der Waals surface area contributed by atoms with Crippen LogP contribution in [0.1, 0.15) is 30.0 Å². The number of carbonyl (C=O) groups is 1. The highest BCUT2D eigenvalue weighted by atomic mass is 19.1. The number of hydrogen-bond donors (Lipinski definition) is 2. The maximum Gasteiger partial charge on any atom is 0.326 e. The number of ether oxygens (including phenoxy) is 1. The van der Waals surface area contributed by atoms with Gasteiger partial charge in [-0.2, -0.15) is 4.98 Å². The summed E-state index contributed by atoms with van der Waals surface area (Å²) in [7, 11) is 1.46. The number of hydrogen-bond acceptors (Lipinski definition) is 6. The molecule has 36 heavy (non-hydrogen) atoms.